The molecule has 1 N–H and O–H groups in total. The van der Waals surface area contributed by atoms with Gasteiger partial charge in [0.1, 0.15) is 0 Å². The maximum Gasteiger partial charge on any atom is 0.280 e. The Hall–Kier alpha value is -2.02. The molecule has 0 bridgehead atoms. The summed E-state index contributed by atoms with van der Waals surface area (Å²) < 4.78 is 0. The third-order valence-electron chi connectivity index (χ3n) is 4.26. The van der Waals surface area contributed by atoms with Gasteiger partial charge in [-0.1, -0.05) is 0 Å². The third-order valence-corrected chi connectivity index (χ3v) is 4.26. The van der Waals surface area contributed by atoms with Gasteiger partial charge >= 0.3 is 0 Å². The first-order valence-electron chi connectivity index (χ1n) is 7.21. The van der Waals surface area contributed by atoms with Crippen molar-refractivity contribution in [2.24, 2.45) is 11.8 Å². The van der Waals surface area contributed by atoms with Crippen molar-refractivity contribution >= 4 is 11.4 Å². The molecule has 7 nitrogen and oxygen atoms in total. The number of rotatable bonds is 7. The lowest BCUT2D eigenvalue weighted by molar-refractivity contribution is -0.394. The van der Waals surface area contributed by atoms with Gasteiger partial charge in [-0.2, -0.15) is 0 Å². The van der Waals surface area contributed by atoms with Gasteiger partial charge in [-0.05, 0) is 43.6 Å². The Labute approximate surface area is 121 Å². The zero-order valence-electron chi connectivity index (χ0n) is 11.5. The highest BCUT2D eigenvalue weighted by Gasteiger charge is 2.41. The molecular weight excluding hydrogens is 274 g/mol. The minimum absolute atomic E-state index is 0.179. The van der Waals surface area contributed by atoms with Gasteiger partial charge in [0.2, 0.25) is 0 Å². The fraction of sp³-hybridized carbons (Fsp3) is 0.571. The van der Waals surface area contributed by atoms with Gasteiger partial charge in [0.05, 0.1) is 15.9 Å². The highest BCUT2D eigenvalue weighted by atomic mass is 16.6. The van der Waals surface area contributed by atoms with Crippen molar-refractivity contribution in [2.75, 3.05) is 0 Å². The van der Waals surface area contributed by atoms with E-state index in [1.165, 1.54) is 37.8 Å². The average Bonchev–Trinajstić information content (AvgIpc) is 3.32. The van der Waals surface area contributed by atoms with Crippen LogP contribution in [0.15, 0.2) is 18.2 Å². The molecule has 2 fully saturated rings. The molecule has 0 atom stereocenters. The minimum Gasteiger partial charge on any atom is -0.309 e. The molecule has 2 saturated carbocycles. The van der Waals surface area contributed by atoms with Crippen LogP contribution in [0.3, 0.4) is 0 Å². The Morgan fingerprint density at radius 2 is 1.71 bits per heavy atom. The SMILES string of the molecule is O=[N+]([O-])c1ccc(CNC(C2CC2)C2CC2)c([N+](=O)[O-])c1. The number of hydrogen-bond acceptors (Lipinski definition) is 5. The lowest BCUT2D eigenvalue weighted by atomic mass is 10.1. The second-order valence-electron chi connectivity index (χ2n) is 5.91. The lowest BCUT2D eigenvalue weighted by Gasteiger charge is -2.17. The van der Waals surface area contributed by atoms with E-state index in [2.05, 4.69) is 5.32 Å². The van der Waals surface area contributed by atoms with Crippen molar-refractivity contribution in [1.82, 2.24) is 5.32 Å². The molecule has 7 heteroatoms. The van der Waals surface area contributed by atoms with Crippen LogP contribution in [0.2, 0.25) is 0 Å². The summed E-state index contributed by atoms with van der Waals surface area (Å²) >= 11 is 0. The molecule has 0 amide bonds. The van der Waals surface area contributed by atoms with Crippen molar-refractivity contribution in [3.8, 4) is 0 Å². The molecule has 1 aromatic carbocycles. The molecule has 1 aromatic rings. The van der Waals surface area contributed by atoms with Gasteiger partial charge in [0.15, 0.2) is 0 Å². The van der Waals surface area contributed by atoms with E-state index in [4.69, 9.17) is 0 Å². The van der Waals surface area contributed by atoms with E-state index < -0.39 is 9.85 Å². The highest BCUT2D eigenvalue weighted by molar-refractivity contribution is 5.49. The number of hydrogen-bond donors (Lipinski definition) is 1. The molecule has 2 aliphatic rings. The Kier molecular flexibility index (Phi) is 3.59. The van der Waals surface area contributed by atoms with Crippen LogP contribution in [0, 0.1) is 32.1 Å². The first-order chi connectivity index (χ1) is 10.1. The quantitative estimate of drug-likeness (QED) is 0.615. The second-order valence-corrected chi connectivity index (χ2v) is 5.91. The van der Waals surface area contributed by atoms with E-state index in [9.17, 15) is 20.2 Å². The molecule has 0 heterocycles. The van der Waals surface area contributed by atoms with Crippen LogP contribution >= 0.6 is 0 Å². The largest absolute Gasteiger partial charge is 0.309 e. The Morgan fingerprint density at radius 1 is 1.10 bits per heavy atom. The van der Waals surface area contributed by atoms with E-state index in [0.29, 0.717) is 30.0 Å². The Bertz CT molecular complexity index is 570. The average molecular weight is 291 g/mol. The molecule has 0 aromatic heterocycles. The summed E-state index contributed by atoms with van der Waals surface area (Å²) in [7, 11) is 0. The highest BCUT2D eigenvalue weighted by Crippen LogP contribution is 2.44. The zero-order chi connectivity index (χ0) is 15.0. The summed E-state index contributed by atoms with van der Waals surface area (Å²) in [5.74, 6) is 1.41. The number of non-ortho nitro benzene ring substituents is 1. The Balaban J connectivity index is 1.74. The molecule has 3 rings (SSSR count). The molecule has 112 valence electrons. The van der Waals surface area contributed by atoms with Gasteiger partial charge in [0, 0.05) is 24.2 Å². The summed E-state index contributed by atoms with van der Waals surface area (Å²) in [5.41, 5.74) is 0.0883. The molecule has 2 aliphatic carbocycles. The Morgan fingerprint density at radius 3 is 2.19 bits per heavy atom. The van der Waals surface area contributed by atoms with Crippen molar-refractivity contribution in [3.63, 3.8) is 0 Å². The summed E-state index contributed by atoms with van der Waals surface area (Å²) in [6, 6.07) is 4.30. The third kappa shape index (κ3) is 3.18. The normalized spacial score (nSPS) is 18.0. The molecule has 0 unspecified atom stereocenters. The van der Waals surface area contributed by atoms with Crippen LogP contribution in [-0.4, -0.2) is 15.9 Å². The molecule has 21 heavy (non-hydrogen) atoms. The molecule has 0 spiro atoms. The van der Waals surface area contributed by atoms with E-state index in [0.717, 1.165) is 6.07 Å². The summed E-state index contributed by atoms with van der Waals surface area (Å²) in [6.45, 7) is 0.395. The topological polar surface area (TPSA) is 98.3 Å². The summed E-state index contributed by atoms with van der Waals surface area (Å²) in [6.07, 6.45) is 4.93. The van der Waals surface area contributed by atoms with Crippen molar-refractivity contribution < 1.29 is 9.85 Å². The first-order valence-corrected chi connectivity index (χ1v) is 7.21. The van der Waals surface area contributed by atoms with Crippen molar-refractivity contribution in [1.29, 1.82) is 0 Å². The predicted molar refractivity (Wildman–Crippen MR) is 75.8 cm³/mol. The zero-order valence-corrected chi connectivity index (χ0v) is 11.5. The van der Waals surface area contributed by atoms with Crippen molar-refractivity contribution in [3.05, 3.63) is 44.0 Å². The first kappa shape index (κ1) is 13.9. The van der Waals surface area contributed by atoms with Gasteiger partial charge in [0.25, 0.3) is 11.4 Å². The monoisotopic (exact) mass is 291 g/mol. The maximum atomic E-state index is 11.1. The number of benzene rings is 1. The van der Waals surface area contributed by atoms with Gasteiger partial charge in [-0.25, -0.2) is 0 Å². The number of nitrogens with zero attached hydrogens (tertiary/aromatic N) is 2. The standard InChI is InChI=1S/C14H17N3O4/c18-16(19)12-6-5-11(13(7-12)17(20)21)8-15-14(9-1-2-9)10-3-4-10/h5-7,9-10,14-15H,1-4,8H2. The van der Waals surface area contributed by atoms with Gasteiger partial charge in [-0.15, -0.1) is 0 Å². The molecule has 0 radical (unpaired) electrons. The lowest BCUT2D eigenvalue weighted by Crippen LogP contribution is -2.32. The number of nitro benzene ring substituents is 2. The van der Waals surface area contributed by atoms with Gasteiger partial charge < -0.3 is 5.32 Å². The maximum absolute atomic E-state index is 11.1. The van der Waals surface area contributed by atoms with Gasteiger partial charge in [-0.3, -0.25) is 20.2 Å². The minimum atomic E-state index is -0.610. The van der Waals surface area contributed by atoms with Crippen LogP contribution < -0.4 is 5.32 Å². The summed E-state index contributed by atoms with van der Waals surface area (Å²) in [5, 5.41) is 25.2. The molecule has 0 saturated heterocycles. The van der Waals surface area contributed by atoms with Crippen LogP contribution in [0.25, 0.3) is 0 Å². The van der Waals surface area contributed by atoms with Crippen LogP contribution in [0.5, 0.6) is 0 Å². The summed E-state index contributed by atoms with van der Waals surface area (Å²) in [4.78, 5) is 20.6. The van der Waals surface area contributed by atoms with Crippen LogP contribution in [0.4, 0.5) is 11.4 Å². The van der Waals surface area contributed by atoms with E-state index >= 15 is 0 Å². The van der Waals surface area contributed by atoms with E-state index in [-0.39, 0.29) is 11.4 Å². The molecular formula is C14H17N3O4. The van der Waals surface area contributed by atoms with Crippen molar-refractivity contribution in [2.45, 2.75) is 38.3 Å². The fourth-order valence-corrected chi connectivity index (χ4v) is 2.84. The smallest absolute Gasteiger partial charge is 0.280 e. The number of nitrogens with one attached hydrogen (secondary N) is 1. The molecule has 0 aliphatic heterocycles. The fourth-order valence-electron chi connectivity index (χ4n) is 2.84. The van der Waals surface area contributed by atoms with E-state index in [1.54, 1.807) is 0 Å². The van der Waals surface area contributed by atoms with Crippen LogP contribution in [-0.2, 0) is 6.54 Å². The van der Waals surface area contributed by atoms with E-state index in [1.807, 2.05) is 0 Å². The number of nitro groups is 2. The van der Waals surface area contributed by atoms with Crippen LogP contribution in [0.1, 0.15) is 31.2 Å². The second kappa shape index (κ2) is 5.40. The predicted octanol–water partition coefficient (Wildman–Crippen LogP) is 2.78.